The molecule has 0 saturated carbocycles. The maximum Gasteiger partial charge on any atom is 0.305 e. The van der Waals surface area contributed by atoms with Gasteiger partial charge in [0.25, 0.3) is 0 Å². The van der Waals surface area contributed by atoms with Crippen molar-refractivity contribution in [1.29, 1.82) is 0 Å². The van der Waals surface area contributed by atoms with E-state index in [2.05, 4.69) is 38.3 Å². The van der Waals surface area contributed by atoms with Gasteiger partial charge < -0.3 is 20.5 Å². The zero-order valence-corrected chi connectivity index (χ0v) is 26.4. The number of carboxylic acids is 1. The molecule has 2 heterocycles. The van der Waals surface area contributed by atoms with Gasteiger partial charge in [-0.15, -0.1) is 0 Å². The lowest BCUT2D eigenvalue weighted by molar-refractivity contribution is -0.142. The van der Waals surface area contributed by atoms with E-state index in [0.29, 0.717) is 12.1 Å². The van der Waals surface area contributed by atoms with E-state index in [0.717, 1.165) is 6.29 Å². The Morgan fingerprint density at radius 1 is 0.757 bits per heavy atom. The van der Waals surface area contributed by atoms with Gasteiger partial charge >= 0.3 is 5.97 Å². The van der Waals surface area contributed by atoms with Crippen LogP contribution in [0.5, 0.6) is 0 Å². The molecule has 8 heteroatoms. The van der Waals surface area contributed by atoms with Crippen molar-refractivity contribution in [1.82, 2.24) is 10.6 Å². The molecule has 2 aliphatic heterocycles. The Morgan fingerprint density at radius 3 is 0.946 bits per heavy atom. The molecular weight excluding hydrogens is 472 g/mol. The lowest BCUT2D eigenvalue weighted by atomic mass is 9.77. The van der Waals surface area contributed by atoms with Crippen LogP contribution >= 0.6 is 0 Å². The monoisotopic (exact) mass is 528 g/mol. The number of carbonyl (C=O) groups is 5. The fourth-order valence-corrected chi connectivity index (χ4v) is 1.36. The van der Waals surface area contributed by atoms with Gasteiger partial charge in [-0.2, -0.15) is 0 Å². The van der Waals surface area contributed by atoms with Crippen LogP contribution in [-0.2, 0) is 24.0 Å². The van der Waals surface area contributed by atoms with E-state index in [9.17, 15) is 19.2 Å². The quantitative estimate of drug-likeness (QED) is 0.243. The normalized spacial score (nSPS) is 19.1. The molecule has 0 bridgehead atoms. The molecule has 0 unspecified atom stereocenters. The Balaban J connectivity index is -0.000000181. The highest BCUT2D eigenvalue weighted by Crippen LogP contribution is 2.29. The maximum atomic E-state index is 10.7. The largest absolute Gasteiger partial charge is 0.481 e. The minimum atomic E-state index is -0.741. The number of amides is 2. The van der Waals surface area contributed by atoms with E-state index < -0.39 is 5.97 Å². The molecule has 0 spiro atoms. The van der Waals surface area contributed by atoms with Crippen molar-refractivity contribution in [2.24, 2.45) is 22.7 Å². The number of rotatable bonds is 2. The summed E-state index contributed by atoms with van der Waals surface area (Å²) in [5.74, 6) is -0.157. The summed E-state index contributed by atoms with van der Waals surface area (Å²) < 4.78 is 0. The molecule has 2 amide bonds. The lowest BCUT2D eigenvalue weighted by Crippen LogP contribution is -2.62. The van der Waals surface area contributed by atoms with E-state index in [1.165, 1.54) is 18.1 Å². The third-order valence-corrected chi connectivity index (χ3v) is 6.34. The number of ketones is 1. The first kappa shape index (κ1) is 41.6. The lowest BCUT2D eigenvalue weighted by Gasteiger charge is -2.41. The second kappa shape index (κ2) is 19.6. The molecule has 2 aliphatic rings. The summed E-state index contributed by atoms with van der Waals surface area (Å²) in [6.45, 7) is 30.4. The van der Waals surface area contributed by atoms with Gasteiger partial charge in [0.15, 0.2) is 0 Å². The van der Waals surface area contributed by atoms with Crippen molar-refractivity contribution in [2.45, 2.75) is 123 Å². The first-order valence-corrected chi connectivity index (χ1v) is 12.8. The van der Waals surface area contributed by atoms with E-state index in [1.54, 1.807) is 20.8 Å². The highest BCUT2D eigenvalue weighted by molar-refractivity contribution is 5.89. The van der Waals surface area contributed by atoms with Gasteiger partial charge in [0, 0.05) is 18.0 Å². The van der Waals surface area contributed by atoms with Gasteiger partial charge in [-0.3, -0.25) is 19.2 Å². The number of β-lactam (4-membered cyclic amide) rings is 2. The van der Waals surface area contributed by atoms with E-state index in [1.807, 2.05) is 55.4 Å². The van der Waals surface area contributed by atoms with Crippen LogP contribution in [0.25, 0.3) is 0 Å². The molecule has 2 atom stereocenters. The summed E-state index contributed by atoms with van der Waals surface area (Å²) in [4.78, 5) is 50.0. The smallest absolute Gasteiger partial charge is 0.305 e. The van der Waals surface area contributed by atoms with Crippen LogP contribution in [0.15, 0.2) is 11.1 Å². The topological polar surface area (TPSA) is 130 Å². The fourth-order valence-electron chi connectivity index (χ4n) is 1.36. The van der Waals surface area contributed by atoms with Crippen LogP contribution in [0.2, 0.25) is 0 Å². The van der Waals surface area contributed by atoms with E-state index in [-0.39, 0.29) is 40.3 Å². The van der Waals surface area contributed by atoms with Gasteiger partial charge in [0.1, 0.15) is 12.1 Å². The second-order valence-corrected chi connectivity index (χ2v) is 11.3. The Labute approximate surface area is 226 Å². The van der Waals surface area contributed by atoms with Crippen molar-refractivity contribution >= 4 is 29.9 Å². The number of carboxylic acid groups (broad SMARTS) is 1. The third-order valence-electron chi connectivity index (χ3n) is 6.34. The fraction of sp³-hybridized carbons (Fsp3) is 0.759. The molecule has 2 saturated heterocycles. The number of carbonyl (C=O) groups excluding carboxylic acids is 4. The van der Waals surface area contributed by atoms with Crippen LogP contribution in [0.4, 0.5) is 0 Å². The van der Waals surface area contributed by atoms with Crippen molar-refractivity contribution in [3.8, 4) is 0 Å². The van der Waals surface area contributed by atoms with Gasteiger partial charge in [-0.05, 0) is 83.1 Å². The molecule has 0 aliphatic carbocycles. The Kier molecular flexibility index (Phi) is 22.0. The average Bonchev–Trinajstić information content (AvgIpc) is 2.76. The number of nitrogens with one attached hydrogen (secondary N) is 2. The first-order chi connectivity index (χ1) is 16.4. The minimum absolute atomic E-state index is 0.111. The summed E-state index contributed by atoms with van der Waals surface area (Å²) in [6.07, 6.45) is 0.750. The SMILES string of the molecule is CC(=O)C(C)C.CC(C)=C(C)C.CC(C)C(=O)O.CC=O.C[C@@H]1NC(=O)C1(C)C.C[C@@H]1NC(=O)C1(C)C. The van der Waals surface area contributed by atoms with E-state index >= 15 is 0 Å². The van der Waals surface area contributed by atoms with Gasteiger partial charge in [0.05, 0.1) is 16.7 Å². The van der Waals surface area contributed by atoms with Gasteiger partial charge in [-0.25, -0.2) is 0 Å². The number of aldehydes is 1. The number of aliphatic carboxylic acids is 1. The molecule has 0 aromatic heterocycles. The number of hydrogen-bond acceptors (Lipinski definition) is 5. The van der Waals surface area contributed by atoms with Crippen LogP contribution in [0, 0.1) is 22.7 Å². The van der Waals surface area contributed by atoms with Crippen LogP contribution in [-0.4, -0.2) is 47.0 Å². The molecule has 0 aromatic rings. The average molecular weight is 529 g/mol. The Morgan fingerprint density at radius 2 is 0.946 bits per heavy atom. The molecule has 2 rings (SSSR count). The predicted octanol–water partition coefficient (Wildman–Crippen LogP) is 5.59. The highest BCUT2D eigenvalue weighted by atomic mass is 16.4. The number of allylic oxidation sites excluding steroid dienone is 2. The molecule has 3 N–H and O–H groups in total. The summed E-state index contributed by atoms with van der Waals surface area (Å²) in [6, 6.07) is 0.713. The Hall–Kier alpha value is -2.51. The number of hydrogen-bond donors (Lipinski definition) is 3. The molecule has 2 fully saturated rings. The van der Waals surface area contributed by atoms with Crippen LogP contribution in [0.1, 0.15) is 111 Å². The maximum absolute atomic E-state index is 10.7. The molecule has 218 valence electrons. The van der Waals surface area contributed by atoms with Crippen LogP contribution < -0.4 is 10.6 Å². The summed E-state index contributed by atoms with van der Waals surface area (Å²) in [5, 5.41) is 13.5. The van der Waals surface area contributed by atoms with Crippen molar-refractivity contribution in [3.05, 3.63) is 11.1 Å². The summed E-state index contributed by atoms with van der Waals surface area (Å²) in [7, 11) is 0. The van der Waals surface area contributed by atoms with E-state index in [4.69, 9.17) is 9.90 Å². The molecular formula is C29H56N2O6. The summed E-state index contributed by atoms with van der Waals surface area (Å²) >= 11 is 0. The van der Waals surface area contributed by atoms with Gasteiger partial charge in [-0.1, -0.05) is 38.8 Å². The van der Waals surface area contributed by atoms with Crippen molar-refractivity contribution in [2.75, 3.05) is 0 Å². The molecule has 8 nitrogen and oxygen atoms in total. The zero-order chi connectivity index (χ0) is 30.9. The summed E-state index contributed by atoms with van der Waals surface area (Å²) in [5.41, 5.74) is 2.63. The first-order valence-electron chi connectivity index (χ1n) is 12.8. The molecule has 0 aromatic carbocycles. The predicted molar refractivity (Wildman–Crippen MR) is 152 cm³/mol. The zero-order valence-electron chi connectivity index (χ0n) is 26.4. The molecule has 0 radical (unpaired) electrons. The Bertz CT molecular complexity index is 696. The van der Waals surface area contributed by atoms with Crippen molar-refractivity contribution < 1.29 is 29.1 Å². The van der Waals surface area contributed by atoms with Gasteiger partial charge in [0.2, 0.25) is 11.8 Å². The number of Topliss-reactive ketones (excluding diaryl/α,β-unsaturated/α-hetero) is 1. The highest BCUT2D eigenvalue weighted by Gasteiger charge is 2.44. The third kappa shape index (κ3) is 19.3. The second-order valence-electron chi connectivity index (χ2n) is 11.3. The standard InChI is InChI=1S/2C6H11NO.C6H12.C5H10O.C4H8O2.C2H4O/c2*1-4-6(2,3)5(8)7-4;1-5(2)6(3)4;1-4(2)5(3)6;1-3(2)4(5)6;1-2-3/h2*4H,1-3H3,(H,7,8);1-4H3;4H,1-3H3;3H,1-2H3,(H,5,6);2H,1H3/t2*4-;;;;/m00..../s1. The minimum Gasteiger partial charge on any atom is -0.481 e. The van der Waals surface area contributed by atoms with Crippen molar-refractivity contribution in [3.63, 3.8) is 0 Å². The van der Waals surface area contributed by atoms with Crippen LogP contribution in [0.3, 0.4) is 0 Å². The molecule has 37 heavy (non-hydrogen) atoms.